The molecule has 1 N–H and O–H groups in total. The number of aliphatic hydroxyl groups is 1. The fourth-order valence-electron chi connectivity index (χ4n) is 1.62. The maximum Gasteiger partial charge on any atom is 0.0650 e. The van der Waals surface area contributed by atoms with Gasteiger partial charge < -0.3 is 5.11 Å². The lowest BCUT2D eigenvalue weighted by Gasteiger charge is -2.21. The van der Waals surface area contributed by atoms with E-state index in [1.165, 1.54) is 0 Å². The summed E-state index contributed by atoms with van der Waals surface area (Å²) < 4.78 is 1.93. The minimum atomic E-state index is -0.296. The molecule has 16 heavy (non-hydrogen) atoms. The SMILES string of the molecule is CC(C)C(C)C(O)Cc1ccn(C(C)C)n1. The quantitative estimate of drug-likeness (QED) is 0.835. The number of rotatable bonds is 5. The van der Waals surface area contributed by atoms with E-state index in [9.17, 15) is 5.11 Å². The van der Waals surface area contributed by atoms with Crippen LogP contribution >= 0.6 is 0 Å². The van der Waals surface area contributed by atoms with Gasteiger partial charge in [0, 0.05) is 18.7 Å². The monoisotopic (exact) mass is 224 g/mol. The minimum Gasteiger partial charge on any atom is -0.392 e. The average Bonchev–Trinajstić information content (AvgIpc) is 2.64. The zero-order valence-corrected chi connectivity index (χ0v) is 11.0. The van der Waals surface area contributed by atoms with Crippen molar-refractivity contribution in [2.75, 3.05) is 0 Å². The molecule has 0 saturated heterocycles. The van der Waals surface area contributed by atoms with Gasteiger partial charge in [-0.3, -0.25) is 4.68 Å². The predicted octanol–water partition coefficient (Wildman–Crippen LogP) is 2.66. The predicted molar refractivity (Wildman–Crippen MR) is 66.3 cm³/mol. The molecule has 0 amide bonds. The number of nitrogens with zero attached hydrogens (tertiary/aromatic N) is 2. The third-order valence-electron chi connectivity index (χ3n) is 3.27. The Morgan fingerprint density at radius 2 is 1.88 bits per heavy atom. The average molecular weight is 224 g/mol. The first-order valence-corrected chi connectivity index (χ1v) is 6.14. The van der Waals surface area contributed by atoms with Crippen LogP contribution in [0, 0.1) is 11.8 Å². The summed E-state index contributed by atoms with van der Waals surface area (Å²) in [5.74, 6) is 0.811. The van der Waals surface area contributed by atoms with Gasteiger partial charge in [-0.25, -0.2) is 0 Å². The van der Waals surface area contributed by atoms with Gasteiger partial charge in [0.25, 0.3) is 0 Å². The Kier molecular flexibility index (Phi) is 4.54. The maximum atomic E-state index is 10.0. The largest absolute Gasteiger partial charge is 0.392 e. The zero-order valence-electron chi connectivity index (χ0n) is 11.0. The van der Waals surface area contributed by atoms with Gasteiger partial charge in [0.2, 0.25) is 0 Å². The highest BCUT2D eigenvalue weighted by Gasteiger charge is 2.19. The summed E-state index contributed by atoms with van der Waals surface area (Å²) in [6, 6.07) is 2.38. The topological polar surface area (TPSA) is 38.0 Å². The molecule has 2 atom stereocenters. The van der Waals surface area contributed by atoms with Crippen molar-refractivity contribution in [2.45, 2.75) is 53.2 Å². The number of hydrogen-bond acceptors (Lipinski definition) is 2. The summed E-state index contributed by atoms with van der Waals surface area (Å²) in [4.78, 5) is 0. The molecule has 1 aromatic heterocycles. The highest BCUT2D eigenvalue weighted by molar-refractivity contribution is 5.01. The van der Waals surface area contributed by atoms with Crippen molar-refractivity contribution in [2.24, 2.45) is 11.8 Å². The van der Waals surface area contributed by atoms with Gasteiger partial charge in [-0.05, 0) is 31.7 Å². The van der Waals surface area contributed by atoms with Crippen molar-refractivity contribution in [3.63, 3.8) is 0 Å². The Labute approximate surface area is 98.5 Å². The van der Waals surface area contributed by atoms with Crippen molar-refractivity contribution < 1.29 is 5.11 Å². The van der Waals surface area contributed by atoms with Crippen LogP contribution in [-0.4, -0.2) is 21.0 Å². The van der Waals surface area contributed by atoms with Gasteiger partial charge in [0.05, 0.1) is 11.8 Å². The van der Waals surface area contributed by atoms with E-state index in [0.717, 1.165) is 5.69 Å². The lowest BCUT2D eigenvalue weighted by molar-refractivity contribution is 0.0911. The first kappa shape index (κ1) is 13.2. The summed E-state index contributed by atoms with van der Waals surface area (Å²) in [7, 11) is 0. The normalized spacial score (nSPS) is 15.8. The standard InChI is InChI=1S/C13H24N2O/c1-9(2)11(5)13(16)8-12-6-7-15(14-12)10(3)4/h6-7,9-11,13,16H,8H2,1-5H3. The van der Waals surface area contributed by atoms with E-state index in [0.29, 0.717) is 24.3 Å². The van der Waals surface area contributed by atoms with Crippen LogP contribution in [0.4, 0.5) is 0 Å². The van der Waals surface area contributed by atoms with E-state index in [1.807, 2.05) is 16.9 Å². The summed E-state index contributed by atoms with van der Waals surface area (Å²) in [6.45, 7) is 10.6. The van der Waals surface area contributed by atoms with E-state index in [4.69, 9.17) is 0 Å². The van der Waals surface area contributed by atoms with Gasteiger partial charge in [0.15, 0.2) is 0 Å². The molecule has 0 saturated carbocycles. The van der Waals surface area contributed by atoms with Crippen LogP contribution in [0.1, 0.15) is 46.4 Å². The molecule has 0 radical (unpaired) electrons. The fraction of sp³-hybridized carbons (Fsp3) is 0.769. The molecule has 0 aliphatic carbocycles. The van der Waals surface area contributed by atoms with Gasteiger partial charge in [0.1, 0.15) is 0 Å². The molecule has 0 bridgehead atoms. The molecule has 1 aromatic rings. The minimum absolute atomic E-state index is 0.296. The summed E-state index contributed by atoms with van der Waals surface area (Å²) in [6.07, 6.45) is 2.33. The summed E-state index contributed by atoms with van der Waals surface area (Å²) in [5, 5.41) is 14.5. The Hall–Kier alpha value is -0.830. The van der Waals surface area contributed by atoms with Gasteiger partial charge in [-0.15, -0.1) is 0 Å². The lowest BCUT2D eigenvalue weighted by Crippen LogP contribution is -2.24. The molecule has 1 rings (SSSR count). The molecular formula is C13H24N2O. The maximum absolute atomic E-state index is 10.0. The second-order valence-electron chi connectivity index (χ2n) is 5.26. The second kappa shape index (κ2) is 5.48. The van der Waals surface area contributed by atoms with Crippen molar-refractivity contribution in [1.29, 1.82) is 0 Å². The third kappa shape index (κ3) is 3.34. The molecule has 0 aliphatic heterocycles. The molecule has 0 fully saturated rings. The van der Waals surface area contributed by atoms with Gasteiger partial charge in [-0.2, -0.15) is 5.10 Å². The van der Waals surface area contributed by atoms with Crippen molar-refractivity contribution >= 4 is 0 Å². The van der Waals surface area contributed by atoms with Crippen LogP contribution in [0.5, 0.6) is 0 Å². The number of hydrogen-bond donors (Lipinski definition) is 1. The van der Waals surface area contributed by atoms with Gasteiger partial charge in [-0.1, -0.05) is 20.8 Å². The second-order valence-corrected chi connectivity index (χ2v) is 5.26. The Balaban J connectivity index is 2.59. The van der Waals surface area contributed by atoms with Crippen molar-refractivity contribution in [1.82, 2.24) is 9.78 Å². The van der Waals surface area contributed by atoms with E-state index in [2.05, 4.69) is 39.7 Å². The first-order valence-electron chi connectivity index (χ1n) is 6.14. The van der Waals surface area contributed by atoms with Crippen molar-refractivity contribution in [3.05, 3.63) is 18.0 Å². The molecule has 0 aliphatic rings. The van der Waals surface area contributed by atoms with Crippen LogP contribution < -0.4 is 0 Å². The van der Waals surface area contributed by atoms with E-state index >= 15 is 0 Å². The van der Waals surface area contributed by atoms with E-state index < -0.39 is 0 Å². The van der Waals surface area contributed by atoms with Crippen LogP contribution in [0.3, 0.4) is 0 Å². The smallest absolute Gasteiger partial charge is 0.0650 e. The van der Waals surface area contributed by atoms with Crippen LogP contribution in [0.15, 0.2) is 12.3 Å². The van der Waals surface area contributed by atoms with Crippen LogP contribution in [0.25, 0.3) is 0 Å². The molecule has 1 heterocycles. The lowest BCUT2D eigenvalue weighted by atomic mass is 9.90. The van der Waals surface area contributed by atoms with E-state index in [1.54, 1.807) is 0 Å². The molecule has 3 nitrogen and oxygen atoms in total. The third-order valence-corrected chi connectivity index (χ3v) is 3.27. The van der Waals surface area contributed by atoms with Crippen LogP contribution in [-0.2, 0) is 6.42 Å². The first-order chi connectivity index (χ1) is 7.41. The van der Waals surface area contributed by atoms with Crippen LogP contribution in [0.2, 0.25) is 0 Å². The fourth-order valence-corrected chi connectivity index (χ4v) is 1.62. The molecule has 2 unspecified atom stereocenters. The molecule has 0 spiro atoms. The Bertz CT molecular complexity index is 317. The highest BCUT2D eigenvalue weighted by atomic mass is 16.3. The Morgan fingerprint density at radius 3 is 2.31 bits per heavy atom. The van der Waals surface area contributed by atoms with E-state index in [-0.39, 0.29) is 6.10 Å². The van der Waals surface area contributed by atoms with Gasteiger partial charge >= 0.3 is 0 Å². The van der Waals surface area contributed by atoms with Crippen molar-refractivity contribution in [3.8, 4) is 0 Å². The molecule has 0 aromatic carbocycles. The summed E-state index contributed by atoms with van der Waals surface area (Å²) in [5.41, 5.74) is 0.980. The summed E-state index contributed by atoms with van der Waals surface area (Å²) >= 11 is 0. The Morgan fingerprint density at radius 1 is 1.25 bits per heavy atom. The molecule has 92 valence electrons. The highest BCUT2D eigenvalue weighted by Crippen LogP contribution is 2.17. The number of aliphatic hydroxyl groups excluding tert-OH is 1. The number of aromatic nitrogens is 2. The molecule has 3 heteroatoms. The zero-order chi connectivity index (χ0) is 12.3. The molecular weight excluding hydrogens is 200 g/mol.